The van der Waals surface area contributed by atoms with E-state index >= 15 is 0 Å². The molecule has 1 fully saturated rings. The minimum atomic E-state index is -2.70. The largest absolute Gasteiger partial charge is 0.382 e. The molecule has 0 spiro atoms. The smallest absolute Gasteiger partial charge is 0.264 e. The quantitative estimate of drug-likeness (QED) is 0.132. The van der Waals surface area contributed by atoms with E-state index < -0.39 is 8.32 Å². The summed E-state index contributed by atoms with van der Waals surface area (Å²) < 4.78 is 19.9. The molecule has 1 aliphatic heterocycles. The topological polar surface area (TPSA) is 27.7 Å². The first-order chi connectivity index (χ1) is 17.5. The highest BCUT2D eigenvalue weighted by Crippen LogP contribution is 2.38. The minimum absolute atomic E-state index is 0.0878. The van der Waals surface area contributed by atoms with Gasteiger partial charge in [0.1, 0.15) is 0 Å². The lowest BCUT2D eigenvalue weighted by molar-refractivity contribution is -0.235. The van der Waals surface area contributed by atoms with E-state index in [0.29, 0.717) is 0 Å². The lowest BCUT2D eigenvalue weighted by Gasteiger charge is -2.45. The third-order valence-corrected chi connectivity index (χ3v) is 12.0. The van der Waals surface area contributed by atoms with Crippen LogP contribution in [0, 0.1) is 11.8 Å². The van der Waals surface area contributed by atoms with Crippen molar-refractivity contribution in [1.29, 1.82) is 0 Å². The summed E-state index contributed by atoms with van der Waals surface area (Å²) in [5.74, 6) is 6.67. The first kappa shape index (κ1) is 28.7. The van der Waals surface area contributed by atoms with Crippen LogP contribution in [-0.4, -0.2) is 27.5 Å². The molecule has 36 heavy (non-hydrogen) atoms. The van der Waals surface area contributed by atoms with E-state index in [1.54, 1.807) is 0 Å². The Morgan fingerprint density at radius 2 is 1.50 bits per heavy atom. The van der Waals surface area contributed by atoms with Crippen molar-refractivity contribution in [2.75, 3.05) is 6.61 Å². The zero-order valence-corrected chi connectivity index (χ0v) is 23.9. The van der Waals surface area contributed by atoms with Crippen LogP contribution in [0.15, 0.2) is 60.7 Å². The number of hydrogen-bond acceptors (Lipinski definition) is 3. The van der Waals surface area contributed by atoms with Crippen LogP contribution in [0.1, 0.15) is 91.9 Å². The molecular formula is C32H46O3Si. The lowest BCUT2D eigenvalue weighted by Crippen LogP contribution is -2.68. The second kappa shape index (κ2) is 14.7. The monoisotopic (exact) mass is 506 g/mol. The van der Waals surface area contributed by atoms with Crippen molar-refractivity contribution in [3.63, 3.8) is 0 Å². The van der Waals surface area contributed by atoms with E-state index in [0.717, 1.165) is 58.0 Å². The number of rotatable bonds is 12. The highest BCUT2D eigenvalue weighted by Gasteiger charge is 2.51. The van der Waals surface area contributed by atoms with Crippen molar-refractivity contribution >= 4 is 18.7 Å². The molecule has 0 N–H and O–H groups in total. The highest BCUT2D eigenvalue weighted by atomic mass is 28.4. The molecule has 1 saturated heterocycles. The van der Waals surface area contributed by atoms with Gasteiger partial charge in [0.2, 0.25) is 0 Å². The third-order valence-electron chi connectivity index (χ3n) is 6.94. The molecule has 0 aromatic heterocycles. The Bertz CT molecular complexity index is 881. The molecule has 2 aromatic carbocycles. The zero-order chi connectivity index (χ0) is 25.7. The van der Waals surface area contributed by atoms with Crippen molar-refractivity contribution < 1.29 is 13.9 Å². The van der Waals surface area contributed by atoms with E-state index in [9.17, 15) is 0 Å². The number of unbranched alkanes of at least 4 members (excludes halogenated alkanes) is 4. The number of ether oxygens (including phenoxy) is 2. The van der Waals surface area contributed by atoms with E-state index in [2.05, 4.69) is 100 Å². The molecule has 0 bridgehead atoms. The van der Waals surface area contributed by atoms with Gasteiger partial charge in [-0.1, -0.05) is 94.8 Å². The average Bonchev–Trinajstić information content (AvgIpc) is 2.89. The van der Waals surface area contributed by atoms with Gasteiger partial charge in [0.05, 0.1) is 0 Å². The van der Waals surface area contributed by atoms with Gasteiger partial charge in [-0.25, -0.2) is 0 Å². The Morgan fingerprint density at radius 3 is 2.03 bits per heavy atom. The Morgan fingerprint density at radius 1 is 0.889 bits per heavy atom. The van der Waals surface area contributed by atoms with Crippen molar-refractivity contribution in [2.45, 2.75) is 110 Å². The van der Waals surface area contributed by atoms with Crippen LogP contribution in [0.25, 0.3) is 0 Å². The van der Waals surface area contributed by atoms with Crippen LogP contribution in [0.5, 0.6) is 0 Å². The van der Waals surface area contributed by atoms with Gasteiger partial charge >= 0.3 is 0 Å². The standard InChI is InChI=1S/C32H46O3Si/c1-5-6-7-8-9-10-11-18-26-31(34-30-25-19-20-27-33-30)35-36(32(2,3)4,28-21-14-12-15-22-28)29-23-16-13-17-24-29/h12-17,21-24,30-31H,5-7,10-11,18-20,25-27H2,1-4H3. The fourth-order valence-electron chi connectivity index (χ4n) is 5.00. The molecule has 2 atom stereocenters. The number of benzene rings is 2. The molecule has 4 heteroatoms. The molecule has 2 aromatic rings. The molecular weight excluding hydrogens is 460 g/mol. The normalized spacial score (nSPS) is 17.3. The van der Waals surface area contributed by atoms with E-state index in [4.69, 9.17) is 13.9 Å². The van der Waals surface area contributed by atoms with Crippen LogP contribution < -0.4 is 10.4 Å². The van der Waals surface area contributed by atoms with Crippen molar-refractivity contribution in [3.8, 4) is 11.8 Å². The van der Waals surface area contributed by atoms with Crippen molar-refractivity contribution in [1.82, 2.24) is 0 Å². The van der Waals surface area contributed by atoms with Crippen LogP contribution >= 0.6 is 0 Å². The molecule has 196 valence electrons. The van der Waals surface area contributed by atoms with Gasteiger partial charge < -0.3 is 13.9 Å². The van der Waals surface area contributed by atoms with Gasteiger partial charge in [0.15, 0.2) is 12.6 Å². The fourth-order valence-corrected chi connectivity index (χ4v) is 9.58. The minimum Gasteiger partial charge on any atom is -0.382 e. The summed E-state index contributed by atoms with van der Waals surface area (Å²) >= 11 is 0. The second-order valence-electron chi connectivity index (χ2n) is 10.8. The van der Waals surface area contributed by atoms with Crippen molar-refractivity contribution in [3.05, 3.63) is 60.7 Å². The lowest BCUT2D eigenvalue weighted by atomic mass is 10.2. The summed E-state index contributed by atoms with van der Waals surface area (Å²) in [5, 5.41) is 2.47. The van der Waals surface area contributed by atoms with Gasteiger partial charge in [0, 0.05) is 19.4 Å². The predicted molar refractivity (Wildman–Crippen MR) is 153 cm³/mol. The van der Waals surface area contributed by atoms with Crippen molar-refractivity contribution in [2.24, 2.45) is 0 Å². The van der Waals surface area contributed by atoms with Gasteiger partial charge in [0.25, 0.3) is 8.32 Å². The molecule has 1 heterocycles. The van der Waals surface area contributed by atoms with E-state index in [-0.39, 0.29) is 17.6 Å². The molecule has 0 saturated carbocycles. The van der Waals surface area contributed by atoms with Gasteiger partial charge in [-0.3, -0.25) is 0 Å². The molecule has 1 aliphatic rings. The average molecular weight is 507 g/mol. The maximum Gasteiger partial charge on any atom is 0.264 e. The van der Waals surface area contributed by atoms with Crippen LogP contribution in [-0.2, 0) is 13.9 Å². The highest BCUT2D eigenvalue weighted by molar-refractivity contribution is 6.99. The van der Waals surface area contributed by atoms with Crippen LogP contribution in [0.4, 0.5) is 0 Å². The maximum absolute atomic E-state index is 7.34. The Hall–Kier alpha value is -1.90. The van der Waals surface area contributed by atoms with Gasteiger partial charge in [-0.2, -0.15) is 0 Å². The fraction of sp³-hybridized carbons (Fsp3) is 0.562. The molecule has 0 radical (unpaired) electrons. The molecule has 0 amide bonds. The first-order valence-corrected chi connectivity index (χ1v) is 15.9. The molecule has 3 nitrogen and oxygen atoms in total. The zero-order valence-electron chi connectivity index (χ0n) is 22.9. The molecule has 2 unspecified atom stereocenters. The number of hydrogen-bond donors (Lipinski definition) is 0. The Kier molecular flexibility index (Phi) is 11.7. The Balaban J connectivity index is 1.86. The predicted octanol–water partition coefficient (Wildman–Crippen LogP) is 7.19. The van der Waals surface area contributed by atoms with E-state index in [1.807, 2.05) is 0 Å². The summed E-state index contributed by atoms with van der Waals surface area (Å²) in [6.45, 7) is 9.94. The Labute approximate surface area is 221 Å². The third kappa shape index (κ3) is 8.05. The molecule has 0 aliphatic carbocycles. The summed E-state index contributed by atoms with van der Waals surface area (Å²) in [4.78, 5) is 0. The SMILES string of the molecule is CCCCC#CCCCCC(OC1CCCCO1)O[Si](c1ccccc1)(c1ccccc1)C(C)(C)C. The van der Waals surface area contributed by atoms with Gasteiger partial charge in [-0.15, -0.1) is 11.8 Å². The summed E-state index contributed by atoms with van der Waals surface area (Å²) in [6, 6.07) is 21.7. The summed E-state index contributed by atoms with van der Waals surface area (Å²) in [6.07, 6.45) is 9.97. The first-order valence-electron chi connectivity index (χ1n) is 14.0. The summed E-state index contributed by atoms with van der Waals surface area (Å²) in [7, 11) is -2.70. The maximum atomic E-state index is 7.34. The van der Waals surface area contributed by atoms with Crippen LogP contribution in [0.2, 0.25) is 5.04 Å². The van der Waals surface area contributed by atoms with Gasteiger partial charge in [-0.05, 0) is 60.4 Å². The summed E-state index contributed by atoms with van der Waals surface area (Å²) in [5.41, 5.74) is 0. The second-order valence-corrected chi connectivity index (χ2v) is 15.1. The molecule has 3 rings (SSSR count). The van der Waals surface area contributed by atoms with E-state index in [1.165, 1.54) is 23.2 Å². The van der Waals surface area contributed by atoms with Crippen LogP contribution in [0.3, 0.4) is 0 Å².